The van der Waals surface area contributed by atoms with Gasteiger partial charge in [-0.2, -0.15) is 0 Å². The molecule has 4 heterocycles. The van der Waals surface area contributed by atoms with Gasteiger partial charge in [0.25, 0.3) is 0 Å². The first-order chi connectivity index (χ1) is 14.2. The Kier molecular flexibility index (Phi) is 7.20. The molecule has 0 bridgehead atoms. The molecule has 0 aliphatic carbocycles. The molecule has 3 aliphatic rings. The number of piperidine rings is 2. The summed E-state index contributed by atoms with van der Waals surface area (Å²) in [6.45, 7) is 9.56. The fourth-order valence-electron chi connectivity index (χ4n) is 5.42. The molecule has 0 N–H and O–H groups in total. The molecule has 160 valence electrons. The van der Waals surface area contributed by atoms with Crippen molar-refractivity contribution >= 4 is 5.91 Å². The molecule has 3 fully saturated rings. The van der Waals surface area contributed by atoms with Crippen LogP contribution in [0, 0.1) is 12.8 Å². The maximum Gasteiger partial charge on any atom is 0.225 e. The van der Waals surface area contributed by atoms with E-state index in [1.165, 1.54) is 44.2 Å². The summed E-state index contributed by atoms with van der Waals surface area (Å²) >= 11 is 0. The van der Waals surface area contributed by atoms with E-state index in [-0.39, 0.29) is 5.92 Å². The topological polar surface area (TPSA) is 39.7 Å². The third-order valence-corrected chi connectivity index (χ3v) is 7.20. The van der Waals surface area contributed by atoms with E-state index in [4.69, 9.17) is 0 Å². The van der Waals surface area contributed by atoms with Crippen LogP contribution in [0.4, 0.5) is 0 Å². The zero-order chi connectivity index (χ0) is 20.1. The third kappa shape index (κ3) is 5.58. The molecule has 0 radical (unpaired) electrons. The molecule has 0 aromatic carbocycles. The van der Waals surface area contributed by atoms with Crippen LogP contribution in [-0.4, -0.2) is 70.9 Å². The second-order valence-electron chi connectivity index (χ2n) is 9.33. The summed E-state index contributed by atoms with van der Waals surface area (Å²) in [5.74, 6) is 0.726. The second-order valence-corrected chi connectivity index (χ2v) is 9.33. The van der Waals surface area contributed by atoms with Crippen molar-refractivity contribution < 1.29 is 4.79 Å². The molecule has 0 saturated carbocycles. The van der Waals surface area contributed by atoms with E-state index in [1.54, 1.807) is 0 Å². The van der Waals surface area contributed by atoms with Crippen molar-refractivity contribution in [3.05, 3.63) is 29.6 Å². The molecule has 29 heavy (non-hydrogen) atoms. The van der Waals surface area contributed by atoms with Crippen LogP contribution >= 0.6 is 0 Å². The minimum absolute atomic E-state index is 0.275. The summed E-state index contributed by atoms with van der Waals surface area (Å²) in [6.07, 6.45) is 9.59. The number of likely N-dealkylation sites (tertiary alicyclic amines) is 3. The van der Waals surface area contributed by atoms with Gasteiger partial charge in [-0.25, -0.2) is 0 Å². The van der Waals surface area contributed by atoms with Crippen LogP contribution in [0.15, 0.2) is 18.2 Å². The highest BCUT2D eigenvalue weighted by Crippen LogP contribution is 2.26. The van der Waals surface area contributed by atoms with Crippen LogP contribution in [0.25, 0.3) is 0 Å². The molecule has 1 aromatic heterocycles. The van der Waals surface area contributed by atoms with Gasteiger partial charge in [-0.15, -0.1) is 0 Å². The molecule has 0 spiro atoms. The second kappa shape index (κ2) is 10.0. The molecule has 5 heteroatoms. The fraction of sp³-hybridized carbons (Fsp3) is 0.750. The highest BCUT2D eigenvalue weighted by molar-refractivity contribution is 5.79. The third-order valence-electron chi connectivity index (χ3n) is 7.20. The highest BCUT2D eigenvalue weighted by atomic mass is 16.2. The predicted octanol–water partition coefficient (Wildman–Crippen LogP) is 3.47. The van der Waals surface area contributed by atoms with Crippen LogP contribution in [0.2, 0.25) is 0 Å². The quantitative estimate of drug-likeness (QED) is 0.779. The summed E-state index contributed by atoms with van der Waals surface area (Å²) in [6, 6.07) is 7.02. The smallest absolute Gasteiger partial charge is 0.225 e. The summed E-state index contributed by atoms with van der Waals surface area (Å²) in [5, 5.41) is 0. The minimum atomic E-state index is 0.275. The molecular formula is C24H38N4O. The molecule has 3 saturated heterocycles. The molecule has 1 amide bonds. The Bertz CT molecular complexity index is 655. The first kappa shape index (κ1) is 20.8. The van der Waals surface area contributed by atoms with Crippen LogP contribution in [0.5, 0.6) is 0 Å². The Labute approximate surface area is 176 Å². The number of carbonyl (C=O) groups excluding carboxylic acids is 1. The van der Waals surface area contributed by atoms with Crippen molar-refractivity contribution in [3.8, 4) is 0 Å². The lowest BCUT2D eigenvalue weighted by Crippen LogP contribution is -2.49. The van der Waals surface area contributed by atoms with E-state index in [2.05, 4.69) is 44.8 Å². The van der Waals surface area contributed by atoms with E-state index in [1.807, 2.05) is 0 Å². The van der Waals surface area contributed by atoms with E-state index in [0.29, 0.717) is 11.9 Å². The van der Waals surface area contributed by atoms with Crippen molar-refractivity contribution in [3.63, 3.8) is 0 Å². The molecule has 0 atom stereocenters. The average Bonchev–Trinajstić information content (AvgIpc) is 3.04. The van der Waals surface area contributed by atoms with Crippen LogP contribution in [0.3, 0.4) is 0 Å². The Hall–Kier alpha value is -1.46. The van der Waals surface area contributed by atoms with Crippen LogP contribution in [-0.2, 0) is 11.3 Å². The van der Waals surface area contributed by atoms with E-state index >= 15 is 0 Å². The summed E-state index contributed by atoms with van der Waals surface area (Å²) in [7, 11) is 0. The lowest BCUT2D eigenvalue weighted by atomic mass is 9.92. The van der Waals surface area contributed by atoms with Crippen molar-refractivity contribution in [1.29, 1.82) is 0 Å². The SMILES string of the molecule is Cc1cccc(CN2CCC(N3CCC(C(=O)N4CCCCCC4)CC3)CC2)n1. The van der Waals surface area contributed by atoms with Crippen molar-refractivity contribution in [2.24, 2.45) is 5.92 Å². The molecule has 4 rings (SSSR count). The van der Waals surface area contributed by atoms with Gasteiger partial charge >= 0.3 is 0 Å². The largest absolute Gasteiger partial charge is 0.342 e. The number of pyridine rings is 1. The molecule has 0 unspecified atom stereocenters. The number of rotatable bonds is 4. The lowest BCUT2D eigenvalue weighted by Gasteiger charge is -2.42. The minimum Gasteiger partial charge on any atom is -0.342 e. The predicted molar refractivity (Wildman–Crippen MR) is 117 cm³/mol. The number of aryl methyl sites for hydroxylation is 1. The van der Waals surface area contributed by atoms with Gasteiger partial charge in [0.05, 0.1) is 5.69 Å². The normalized spacial score (nSPS) is 23.8. The van der Waals surface area contributed by atoms with E-state index in [0.717, 1.165) is 64.3 Å². The maximum atomic E-state index is 12.9. The number of nitrogens with zero attached hydrogens (tertiary/aromatic N) is 4. The lowest BCUT2D eigenvalue weighted by molar-refractivity contribution is -0.137. The van der Waals surface area contributed by atoms with Crippen molar-refractivity contribution in [2.45, 2.75) is 70.9 Å². The molecule has 5 nitrogen and oxygen atoms in total. The number of hydrogen-bond donors (Lipinski definition) is 0. The monoisotopic (exact) mass is 398 g/mol. The van der Waals surface area contributed by atoms with Gasteiger partial charge < -0.3 is 9.80 Å². The zero-order valence-corrected chi connectivity index (χ0v) is 18.2. The zero-order valence-electron chi connectivity index (χ0n) is 18.2. The van der Waals surface area contributed by atoms with Crippen molar-refractivity contribution in [2.75, 3.05) is 39.3 Å². The fourth-order valence-corrected chi connectivity index (χ4v) is 5.42. The standard InChI is InChI=1S/C24H38N4O/c1-20-7-6-8-22(25-20)19-26-15-11-23(12-16-26)27-17-9-21(10-18-27)24(29)28-13-4-2-3-5-14-28/h6-8,21,23H,2-5,9-19H2,1H3. The Morgan fingerprint density at radius 1 is 0.931 bits per heavy atom. The van der Waals surface area contributed by atoms with Gasteiger partial charge in [0.1, 0.15) is 0 Å². The van der Waals surface area contributed by atoms with E-state index < -0.39 is 0 Å². The van der Waals surface area contributed by atoms with E-state index in [9.17, 15) is 4.79 Å². The van der Waals surface area contributed by atoms with Gasteiger partial charge in [0.15, 0.2) is 0 Å². The maximum absolute atomic E-state index is 12.9. The highest BCUT2D eigenvalue weighted by Gasteiger charge is 2.32. The summed E-state index contributed by atoms with van der Waals surface area (Å²) in [4.78, 5) is 25.0. The summed E-state index contributed by atoms with van der Waals surface area (Å²) in [5.41, 5.74) is 2.30. The first-order valence-corrected chi connectivity index (χ1v) is 11.9. The Morgan fingerprint density at radius 3 is 2.28 bits per heavy atom. The Balaban J connectivity index is 1.20. The van der Waals surface area contributed by atoms with Gasteiger partial charge in [-0.3, -0.25) is 14.7 Å². The number of carbonyl (C=O) groups is 1. The summed E-state index contributed by atoms with van der Waals surface area (Å²) < 4.78 is 0. The van der Waals surface area contributed by atoms with Crippen molar-refractivity contribution in [1.82, 2.24) is 19.7 Å². The molecule has 1 aromatic rings. The number of amides is 1. The van der Waals surface area contributed by atoms with Crippen LogP contribution < -0.4 is 0 Å². The van der Waals surface area contributed by atoms with Gasteiger partial charge in [0, 0.05) is 50.4 Å². The van der Waals surface area contributed by atoms with Crippen LogP contribution in [0.1, 0.15) is 62.8 Å². The molecular weight excluding hydrogens is 360 g/mol. The first-order valence-electron chi connectivity index (χ1n) is 11.9. The molecule has 3 aliphatic heterocycles. The van der Waals surface area contributed by atoms with Gasteiger partial charge in [-0.1, -0.05) is 18.9 Å². The Morgan fingerprint density at radius 2 is 1.62 bits per heavy atom. The number of hydrogen-bond acceptors (Lipinski definition) is 4. The average molecular weight is 399 g/mol. The van der Waals surface area contributed by atoms with Gasteiger partial charge in [-0.05, 0) is 70.7 Å². The number of aromatic nitrogens is 1. The van der Waals surface area contributed by atoms with Gasteiger partial charge in [0.2, 0.25) is 5.91 Å².